The maximum atomic E-state index is 14.3. The third-order valence-corrected chi connectivity index (χ3v) is 9.90. The van der Waals surface area contributed by atoms with Gasteiger partial charge < -0.3 is 25.0 Å². The van der Waals surface area contributed by atoms with Crippen molar-refractivity contribution in [1.82, 2.24) is 36.0 Å². The van der Waals surface area contributed by atoms with E-state index in [0.29, 0.717) is 12.8 Å². The van der Waals surface area contributed by atoms with Crippen molar-refractivity contribution in [3.05, 3.63) is 0 Å². The first kappa shape index (κ1) is 37.8. The number of ether oxygens (including phenoxy) is 1. The molecule has 0 aliphatic carbocycles. The number of carbonyl (C=O) groups excluding carboxylic acids is 6. The summed E-state index contributed by atoms with van der Waals surface area (Å²) in [5.74, 6) is -4.61. The number of hydrogen-bond donors (Lipinski definition) is 4. The van der Waals surface area contributed by atoms with Gasteiger partial charge in [-0.05, 0) is 43.4 Å². The molecular formula is C32H52ClN7O8. The summed E-state index contributed by atoms with van der Waals surface area (Å²) in [7, 11) is 1.49. The van der Waals surface area contributed by atoms with Crippen LogP contribution < -0.4 is 16.2 Å². The standard InChI is InChI=1S/C32H52ClN7O8/c1-16(2)11-22-29(44)38-10-8-9-21(38)27(42)36-25(17(3)4)32(47)48-26(18(5)6)31(46)40-23(12-19(33)14-34-40)30(45)39-24(28(43)37(22)7)13-20(41)15-35-39/h16-26,34-35,41H,8-15H2,1-7H3,(H,36,42). The molecule has 0 radical (unpaired) electrons. The van der Waals surface area contributed by atoms with Crippen LogP contribution in [0.5, 0.6) is 0 Å². The van der Waals surface area contributed by atoms with Crippen LogP contribution in [0.4, 0.5) is 0 Å². The van der Waals surface area contributed by atoms with Crippen LogP contribution in [-0.4, -0.2) is 135 Å². The number of likely N-dealkylation sites (N-methyl/N-ethyl adjacent to an activating group) is 1. The number of amides is 5. The molecule has 0 saturated carbocycles. The Bertz CT molecular complexity index is 1250. The molecule has 8 atom stereocenters. The molecule has 15 nitrogen and oxygen atoms in total. The zero-order valence-electron chi connectivity index (χ0n) is 29.0. The summed E-state index contributed by atoms with van der Waals surface area (Å²) in [6.45, 7) is 11.1. The molecule has 4 N–H and O–H groups in total. The second-order valence-corrected chi connectivity index (χ2v) is 15.1. The topological polar surface area (TPSA) is 181 Å². The highest BCUT2D eigenvalue weighted by Gasteiger charge is 2.49. The quantitative estimate of drug-likeness (QED) is 0.226. The van der Waals surface area contributed by atoms with Crippen molar-refractivity contribution in [2.75, 3.05) is 26.7 Å². The Kier molecular flexibility index (Phi) is 12.4. The number of nitrogens with zero attached hydrogens (tertiary/aromatic N) is 4. The van der Waals surface area contributed by atoms with E-state index in [1.165, 1.54) is 16.8 Å². The number of fused-ring (bicyclic) bond motifs is 3. The number of rotatable bonds is 4. The number of β-amino-alcohol motifs (C(OH)–C–C–N with tert-alkyl or cyclic N) is 1. The molecule has 0 aromatic heterocycles. The van der Waals surface area contributed by atoms with Crippen molar-refractivity contribution >= 4 is 47.1 Å². The van der Waals surface area contributed by atoms with E-state index in [9.17, 15) is 33.9 Å². The Balaban J connectivity index is 1.83. The van der Waals surface area contributed by atoms with Crippen molar-refractivity contribution in [2.45, 2.75) is 121 Å². The smallest absolute Gasteiger partial charge is 0.329 e. The number of aliphatic hydroxyl groups excluding tert-OH is 1. The van der Waals surface area contributed by atoms with Gasteiger partial charge in [-0.1, -0.05) is 41.5 Å². The number of hydrogen-bond acceptors (Lipinski definition) is 10. The minimum absolute atomic E-state index is 0.0164. The van der Waals surface area contributed by atoms with E-state index in [4.69, 9.17) is 16.3 Å². The number of nitrogens with one attached hydrogen (secondary N) is 3. The zero-order valence-corrected chi connectivity index (χ0v) is 29.7. The lowest BCUT2D eigenvalue weighted by atomic mass is 9.97. The highest BCUT2D eigenvalue weighted by molar-refractivity contribution is 6.21. The lowest BCUT2D eigenvalue weighted by Gasteiger charge is -2.45. The van der Waals surface area contributed by atoms with Crippen LogP contribution >= 0.6 is 11.6 Å². The van der Waals surface area contributed by atoms with Gasteiger partial charge in [0.1, 0.15) is 30.2 Å². The lowest BCUT2D eigenvalue weighted by Crippen LogP contribution is -2.70. The van der Waals surface area contributed by atoms with E-state index in [0.717, 1.165) is 10.0 Å². The van der Waals surface area contributed by atoms with E-state index in [-0.39, 0.29) is 44.8 Å². The second-order valence-electron chi connectivity index (χ2n) is 14.5. The fourth-order valence-electron chi connectivity index (χ4n) is 6.85. The number of hydrazine groups is 2. The average Bonchev–Trinajstić information content (AvgIpc) is 3.52. The molecule has 0 aromatic rings. The van der Waals surface area contributed by atoms with E-state index in [1.807, 2.05) is 13.8 Å². The Hall–Kier alpha value is -3.01. The van der Waals surface area contributed by atoms with Gasteiger partial charge in [-0.25, -0.2) is 15.6 Å². The van der Waals surface area contributed by atoms with E-state index < -0.39 is 95.1 Å². The molecule has 48 heavy (non-hydrogen) atoms. The van der Waals surface area contributed by atoms with Gasteiger partial charge in [0.15, 0.2) is 6.10 Å². The fraction of sp³-hybridized carbons (Fsp3) is 0.812. The van der Waals surface area contributed by atoms with Gasteiger partial charge >= 0.3 is 5.97 Å². The van der Waals surface area contributed by atoms with Crippen LogP contribution in [-0.2, 0) is 33.5 Å². The van der Waals surface area contributed by atoms with Gasteiger partial charge in [0.05, 0.1) is 11.5 Å². The Morgan fingerprint density at radius 1 is 0.833 bits per heavy atom. The lowest BCUT2D eigenvalue weighted by molar-refractivity contribution is -0.175. The number of alkyl halides is 1. The predicted molar refractivity (Wildman–Crippen MR) is 174 cm³/mol. The van der Waals surface area contributed by atoms with E-state index >= 15 is 0 Å². The number of esters is 1. The summed E-state index contributed by atoms with van der Waals surface area (Å²) in [6.07, 6.45) is -1.19. The summed E-state index contributed by atoms with van der Waals surface area (Å²) >= 11 is 6.49. The molecule has 4 aliphatic rings. The van der Waals surface area contributed by atoms with Crippen LogP contribution in [0.3, 0.4) is 0 Å². The fourth-order valence-corrected chi connectivity index (χ4v) is 7.09. The molecule has 270 valence electrons. The van der Waals surface area contributed by atoms with Crippen molar-refractivity contribution in [3.63, 3.8) is 0 Å². The van der Waals surface area contributed by atoms with Crippen molar-refractivity contribution in [3.8, 4) is 0 Å². The number of aliphatic hydroxyl groups is 1. The first-order valence-corrected chi connectivity index (χ1v) is 17.5. The minimum Gasteiger partial charge on any atom is -0.450 e. The summed E-state index contributed by atoms with van der Waals surface area (Å²) in [6, 6.07) is -5.40. The van der Waals surface area contributed by atoms with Crippen LogP contribution in [0.15, 0.2) is 0 Å². The van der Waals surface area contributed by atoms with Gasteiger partial charge in [-0.15, -0.1) is 11.6 Å². The van der Waals surface area contributed by atoms with Crippen LogP contribution in [0.25, 0.3) is 0 Å². The zero-order chi connectivity index (χ0) is 35.6. The molecule has 4 aliphatic heterocycles. The van der Waals surface area contributed by atoms with Crippen LogP contribution in [0, 0.1) is 17.8 Å². The number of cyclic esters (lactones) is 1. The Morgan fingerprint density at radius 3 is 2.08 bits per heavy atom. The SMILES string of the molecule is CC(C)CC1C(=O)N2CCCC2C(=O)NC(C(C)C)C(=O)OC(C(C)C)C(=O)N2NCC(Cl)CC2C(=O)N2NCC(O)CC2C(=O)N1C. The molecule has 0 aromatic carbocycles. The van der Waals surface area contributed by atoms with Crippen molar-refractivity contribution in [1.29, 1.82) is 0 Å². The summed E-state index contributed by atoms with van der Waals surface area (Å²) in [5.41, 5.74) is 5.78. The molecule has 0 bridgehead atoms. The van der Waals surface area contributed by atoms with Crippen LogP contribution in [0.2, 0.25) is 0 Å². The average molecular weight is 698 g/mol. The van der Waals surface area contributed by atoms with Gasteiger partial charge in [0.25, 0.3) is 11.8 Å². The Labute approximate surface area is 287 Å². The molecule has 0 spiro atoms. The van der Waals surface area contributed by atoms with Crippen molar-refractivity contribution in [2.24, 2.45) is 17.8 Å². The second kappa shape index (κ2) is 15.7. The van der Waals surface area contributed by atoms with E-state index in [1.54, 1.807) is 27.7 Å². The molecule has 4 saturated heterocycles. The largest absolute Gasteiger partial charge is 0.450 e. The van der Waals surface area contributed by atoms with Gasteiger partial charge in [-0.2, -0.15) is 0 Å². The summed E-state index contributed by atoms with van der Waals surface area (Å²) in [4.78, 5) is 87.2. The third kappa shape index (κ3) is 8.06. The van der Waals surface area contributed by atoms with Gasteiger partial charge in [0, 0.05) is 33.1 Å². The maximum absolute atomic E-state index is 14.3. The maximum Gasteiger partial charge on any atom is 0.329 e. The van der Waals surface area contributed by atoms with Gasteiger partial charge in [-0.3, -0.25) is 34.0 Å². The van der Waals surface area contributed by atoms with Crippen LogP contribution in [0.1, 0.15) is 73.6 Å². The molecule has 5 amide bonds. The highest BCUT2D eigenvalue weighted by Crippen LogP contribution is 2.27. The highest BCUT2D eigenvalue weighted by atomic mass is 35.5. The Morgan fingerprint density at radius 2 is 1.46 bits per heavy atom. The van der Waals surface area contributed by atoms with Gasteiger partial charge in [0.2, 0.25) is 17.7 Å². The van der Waals surface area contributed by atoms with Crippen molar-refractivity contribution < 1.29 is 38.6 Å². The molecule has 8 unspecified atom stereocenters. The molecule has 4 heterocycles. The number of halogens is 1. The molecule has 4 rings (SSSR count). The first-order valence-electron chi connectivity index (χ1n) is 17.1. The molecular weight excluding hydrogens is 646 g/mol. The number of carbonyl (C=O) groups is 6. The van der Waals surface area contributed by atoms with E-state index in [2.05, 4.69) is 16.2 Å². The predicted octanol–water partition coefficient (Wildman–Crippen LogP) is -0.248. The monoisotopic (exact) mass is 697 g/mol. The summed E-state index contributed by atoms with van der Waals surface area (Å²) in [5, 5.41) is 15.1. The molecule has 16 heteroatoms. The first-order chi connectivity index (χ1) is 22.5. The normalized spacial score (nSPS) is 33.4. The third-order valence-electron chi connectivity index (χ3n) is 9.57. The summed E-state index contributed by atoms with van der Waals surface area (Å²) < 4.78 is 5.82. The minimum atomic E-state index is -1.33. The molecule has 4 fully saturated rings.